The van der Waals surface area contributed by atoms with Crippen LogP contribution in [0.5, 0.6) is 0 Å². The molecule has 12 bridgehead atoms. The quantitative estimate of drug-likeness (QED) is 0.132. The monoisotopic (exact) mass is 1810 g/mol. The van der Waals surface area contributed by atoms with Crippen LogP contribution in [-0.4, -0.2) is 113 Å². The first kappa shape index (κ1) is 72.6. The van der Waals surface area contributed by atoms with Gasteiger partial charge in [-0.25, -0.2) is 0 Å². The molecule has 0 saturated carbocycles. The van der Waals surface area contributed by atoms with E-state index in [0.29, 0.717) is 69.3 Å². The predicted molar refractivity (Wildman–Crippen MR) is 483 cm³/mol. The predicted octanol–water partition coefficient (Wildman–Crippen LogP) is 14.7. The van der Waals surface area contributed by atoms with Gasteiger partial charge in [0.15, 0.2) is 0 Å². The van der Waals surface area contributed by atoms with Crippen molar-refractivity contribution < 1.29 is 46.0 Å². The van der Waals surface area contributed by atoms with Gasteiger partial charge in [0.25, 0.3) is 0 Å². The van der Waals surface area contributed by atoms with Gasteiger partial charge in [-0.3, -0.25) is 0 Å². The average molecular weight is 1810 g/mol. The second-order valence-electron chi connectivity index (χ2n) is 30.4. The molecule has 558 valence electrons. The van der Waals surface area contributed by atoms with Crippen molar-refractivity contribution in [3.63, 3.8) is 0 Å². The van der Waals surface area contributed by atoms with Crippen molar-refractivity contribution in [2.45, 2.75) is 0 Å². The Morgan fingerprint density at radius 2 is 0.392 bits per heavy atom. The van der Waals surface area contributed by atoms with Crippen LogP contribution < -0.4 is 51.5 Å². The van der Waals surface area contributed by atoms with Crippen molar-refractivity contribution in [2.75, 3.05) is 0 Å². The molecule has 8 aliphatic heterocycles. The van der Waals surface area contributed by atoms with Gasteiger partial charge in [0.1, 0.15) is 0 Å². The maximum atomic E-state index is 8.28. The van der Waals surface area contributed by atoms with Crippen molar-refractivity contribution in [3.05, 3.63) is 358 Å². The van der Waals surface area contributed by atoms with Crippen molar-refractivity contribution in [1.29, 1.82) is 0 Å². The van der Waals surface area contributed by atoms with Gasteiger partial charge in [-0.15, -0.1) is 0 Å². The molecule has 19 nitrogen and oxygen atoms in total. The Bertz CT molecular complexity index is 8350. The molecule has 0 spiro atoms. The van der Waals surface area contributed by atoms with E-state index in [4.69, 9.17) is 77.8 Å². The van der Waals surface area contributed by atoms with E-state index >= 15 is 0 Å². The molecule has 4 aromatic heterocycles. The minimum absolute atomic E-state index is 0. The van der Waals surface area contributed by atoms with Gasteiger partial charge in [0, 0.05) is 0 Å². The summed E-state index contributed by atoms with van der Waals surface area (Å²) in [6.45, 7) is 0. The average Bonchev–Trinajstić information content (AvgIpc) is 1.53. The van der Waals surface area contributed by atoms with Gasteiger partial charge in [0.2, 0.25) is 0 Å². The van der Waals surface area contributed by atoms with Gasteiger partial charge in [-0.1, -0.05) is 0 Å². The Balaban J connectivity index is 0.000000136. The van der Waals surface area contributed by atoms with Gasteiger partial charge in [-0.05, 0) is 0 Å². The summed E-state index contributed by atoms with van der Waals surface area (Å²) in [7, 11) is 16.6. The van der Waals surface area contributed by atoms with Crippen LogP contribution in [0, 0.1) is 0 Å². The zero-order chi connectivity index (χ0) is 75.7. The number of fused-ring (bicyclic) bond motifs is 36. The van der Waals surface area contributed by atoms with Crippen LogP contribution in [0.15, 0.2) is 351 Å². The number of benzene rings is 16. The summed E-state index contributed by atoms with van der Waals surface area (Å²) in [5, 5.41) is 25.3. The molecule has 120 heavy (non-hydrogen) atoms. The third-order valence-corrected chi connectivity index (χ3v) is 37.5. The number of nitrogens with zero attached hydrogens (tertiary/aromatic N) is 16. The van der Waals surface area contributed by atoms with Gasteiger partial charge in [-0.2, -0.15) is 0 Å². The molecule has 0 saturated heterocycles. The normalized spacial score (nSPS) is 14.8. The second-order valence-corrected chi connectivity index (χ2v) is 47.4. The summed E-state index contributed by atoms with van der Waals surface area (Å²) in [6, 6.07) is 103. The van der Waals surface area contributed by atoms with Gasteiger partial charge < -0.3 is 16.4 Å². The van der Waals surface area contributed by atoms with E-state index in [1.807, 2.05) is 54.1 Å². The second kappa shape index (κ2) is 26.7. The molecule has 8 aliphatic rings. The fraction of sp³-hybridized carbons (Fsp3) is 0. The molecule has 16 aromatic carbocycles. The number of aliphatic imine (C=N–C) groups is 8. The molecule has 12 heterocycles. The zero-order valence-corrected chi connectivity index (χ0v) is 72.3. The number of halogens is 2. The summed E-state index contributed by atoms with van der Waals surface area (Å²) < 4.78 is 8.83. The Morgan fingerprint density at radius 3 is 0.633 bits per heavy atom. The molecule has 0 aliphatic carbocycles. The Labute approximate surface area is 723 Å². The first-order valence-electron chi connectivity index (χ1n) is 38.3. The van der Waals surface area contributed by atoms with Crippen LogP contribution >= 0.6 is 17.8 Å². The van der Waals surface area contributed by atoms with Crippen LogP contribution in [0.2, 0.25) is 0 Å². The number of hydrogen-bond donors (Lipinski definition) is 0. The fourth-order valence-corrected chi connectivity index (χ4v) is 31.7. The standard InChI is InChI=1S/2C48H24N8.2ClH.Na.3H2O.2Sn/c2*1-2-10-26-18-34-33(17-25(26)9-1)41-49-42(34)54-44-37-21-29-13-5-6-14-30(29)22-38(37)46(51-44)56-48-40-24-32-16-8-7-15-31(32)23-39(40)47(52-48)55-45-36-20-28-12-4-3-11-27(28)19-35(36)43(50-45)53-41;;;;;;;;/h2*1-24H;2*1H;;3*1H2;;/q2*-2;;;+1;;;;+2;+4/p-3. The van der Waals surface area contributed by atoms with Crippen molar-refractivity contribution in [1.82, 2.24) is 11.2 Å². The number of aromatic nitrogens is 4. The molecule has 0 amide bonds. The topological polar surface area (TPSA) is 261 Å². The number of hydrogen-bond acceptors (Lipinski definition) is 13. The SMILES string of the molecule is O.O.[Cl][Sn]1([Cl])[n]2c3c4cc5ccccc5cc4c2N=C2N=C(N=c4c5cc6ccccc6cc5c([n]41)=NC1=NC(=N3)c3cc4ccccc4cc31)c1cc3ccccc3cc12.[Na+].[OH-].c1ccc2cc3c(cc2c1)C1=NC3=Nc2c3cc4ccccc4cc3c3[n]2[Sn][n]2c(c4cc5ccccc5cc4c2=NC2=NC(=N3)c3cc4ccccc4cc32)=N1. The van der Waals surface area contributed by atoms with Crippen LogP contribution in [0.3, 0.4) is 0 Å². The molecule has 28 rings (SSSR count). The molecule has 2 radical (unpaired) electrons. The van der Waals surface area contributed by atoms with Crippen LogP contribution in [0.1, 0.15) is 44.5 Å². The summed E-state index contributed by atoms with van der Waals surface area (Å²) in [6.07, 6.45) is 0. The van der Waals surface area contributed by atoms with Crippen molar-refractivity contribution >= 4 is 255 Å². The third-order valence-electron chi connectivity index (χ3n) is 23.9. The summed E-state index contributed by atoms with van der Waals surface area (Å²) in [4.78, 5) is 65.3. The maximum absolute atomic E-state index is 8.28. The zero-order valence-electron chi connectivity index (χ0n) is 63.1. The Hall–Kier alpha value is -12.6. The molecule has 24 heteroatoms. The Morgan fingerprint density at radius 1 is 0.208 bits per heavy atom. The Kier molecular flexibility index (Phi) is 16.1. The molecule has 0 fully saturated rings. The summed E-state index contributed by atoms with van der Waals surface area (Å²) in [5.41, 5.74) is 10.3. The van der Waals surface area contributed by atoms with Crippen LogP contribution in [-0.2, 0) is 0 Å². The van der Waals surface area contributed by atoms with E-state index in [1.165, 1.54) is 0 Å². The van der Waals surface area contributed by atoms with E-state index < -0.39 is 38.4 Å². The molecular weight excluding hydrogens is 1760 g/mol. The first-order chi connectivity index (χ1) is 57.1. The molecule has 0 atom stereocenters. The summed E-state index contributed by atoms with van der Waals surface area (Å²) in [5.74, 6) is 7.68. The summed E-state index contributed by atoms with van der Waals surface area (Å²) >= 11 is -7.18. The number of rotatable bonds is 0. The first-order valence-corrected chi connectivity index (χ1v) is 50.6. The van der Waals surface area contributed by atoms with Gasteiger partial charge in [0.05, 0.1) is 0 Å². The number of amidine groups is 8. The third kappa shape index (κ3) is 10.5. The van der Waals surface area contributed by atoms with Crippen LogP contribution in [0.4, 0.5) is 23.3 Å². The van der Waals surface area contributed by atoms with E-state index in [9.17, 15) is 0 Å². The fourth-order valence-electron chi connectivity index (χ4n) is 18.4. The van der Waals surface area contributed by atoms with Crippen molar-refractivity contribution in [3.8, 4) is 0 Å². The molecular formula is C96H53Cl2N16NaO3Sn2. The molecule has 0 unspecified atom stereocenters. The van der Waals surface area contributed by atoms with E-state index in [-0.39, 0.29) is 46.0 Å². The molecule has 5 N–H and O–H groups in total. The van der Waals surface area contributed by atoms with E-state index in [1.54, 1.807) is 0 Å². The van der Waals surface area contributed by atoms with E-state index in [2.05, 4.69) is 248 Å². The molecule has 20 aromatic rings. The van der Waals surface area contributed by atoms with Crippen LogP contribution in [0.25, 0.3) is 129 Å². The van der Waals surface area contributed by atoms with E-state index in [0.717, 1.165) is 196 Å². The van der Waals surface area contributed by atoms with Crippen molar-refractivity contribution in [2.24, 2.45) is 59.9 Å². The van der Waals surface area contributed by atoms with Gasteiger partial charge >= 0.3 is 714 Å². The minimum atomic E-state index is -5.21.